The van der Waals surface area contributed by atoms with Crippen molar-refractivity contribution in [2.75, 3.05) is 11.3 Å². The Bertz CT molecular complexity index is 816. The molecule has 6 nitrogen and oxygen atoms in total. The Morgan fingerprint density at radius 1 is 1.12 bits per heavy atom. The van der Waals surface area contributed by atoms with Gasteiger partial charge in [0.25, 0.3) is 5.95 Å². The Morgan fingerprint density at radius 3 is 2.62 bits per heavy atom. The second kappa shape index (κ2) is 7.60. The van der Waals surface area contributed by atoms with Gasteiger partial charge in [0.1, 0.15) is 5.82 Å². The van der Waals surface area contributed by atoms with Gasteiger partial charge in [0.2, 0.25) is 5.16 Å². The Hall–Kier alpha value is -2.87. The Morgan fingerprint density at radius 2 is 1.88 bits per heavy atom. The van der Waals surface area contributed by atoms with Crippen LogP contribution in [0.5, 0.6) is 0 Å². The summed E-state index contributed by atoms with van der Waals surface area (Å²) in [5.41, 5.74) is 4.69. The van der Waals surface area contributed by atoms with Gasteiger partial charge in [-0.1, -0.05) is 54.2 Å². The van der Waals surface area contributed by atoms with Crippen molar-refractivity contribution in [3.05, 3.63) is 71.5 Å². The monoisotopic (exact) mass is 342 g/mol. The van der Waals surface area contributed by atoms with E-state index in [2.05, 4.69) is 20.7 Å². The average Bonchev–Trinajstić information content (AvgIpc) is 2.96. The van der Waals surface area contributed by atoms with Crippen LogP contribution in [0.3, 0.4) is 0 Å². The number of nitrogens with one attached hydrogen (secondary N) is 1. The van der Waals surface area contributed by atoms with Crippen molar-refractivity contribution in [3.8, 4) is 0 Å². The molecule has 24 heavy (non-hydrogen) atoms. The molecule has 3 N–H and O–H groups in total. The van der Waals surface area contributed by atoms with Crippen LogP contribution < -0.4 is 11.3 Å². The minimum atomic E-state index is -0.256. The SMILES string of the molecule is Nn1c(N/N=C/c2ccccc2)nnc1SCc1ccc(F)cc1. The maximum Gasteiger partial charge on any atom is 0.264 e. The number of nitrogens with zero attached hydrogens (tertiary/aromatic N) is 4. The van der Waals surface area contributed by atoms with Gasteiger partial charge >= 0.3 is 0 Å². The Balaban J connectivity index is 1.59. The molecule has 0 radical (unpaired) electrons. The Labute approximate surface area is 142 Å². The highest BCUT2D eigenvalue weighted by Gasteiger charge is 2.09. The van der Waals surface area contributed by atoms with E-state index in [0.29, 0.717) is 16.9 Å². The highest BCUT2D eigenvalue weighted by atomic mass is 32.2. The number of rotatable bonds is 6. The molecule has 0 saturated heterocycles. The summed E-state index contributed by atoms with van der Waals surface area (Å²) < 4.78 is 14.2. The Kier molecular flexibility index (Phi) is 5.07. The molecule has 0 fully saturated rings. The molecule has 0 aliphatic heterocycles. The molecule has 0 aliphatic carbocycles. The van der Waals surface area contributed by atoms with Crippen LogP contribution in [0.2, 0.25) is 0 Å². The lowest BCUT2D eigenvalue weighted by molar-refractivity contribution is 0.627. The molecular weight excluding hydrogens is 327 g/mol. The quantitative estimate of drug-likeness (QED) is 0.312. The first-order valence-corrected chi connectivity index (χ1v) is 8.13. The number of nitrogens with two attached hydrogens (primary N) is 1. The fourth-order valence-corrected chi connectivity index (χ4v) is 2.70. The largest absolute Gasteiger partial charge is 0.334 e. The third-order valence-corrected chi connectivity index (χ3v) is 4.14. The molecule has 3 rings (SSSR count). The van der Waals surface area contributed by atoms with Crippen molar-refractivity contribution < 1.29 is 4.39 Å². The number of nitrogen functional groups attached to an aromatic ring is 1. The molecule has 8 heteroatoms. The number of anilines is 1. The van der Waals surface area contributed by atoms with Gasteiger partial charge in [-0.3, -0.25) is 0 Å². The molecule has 1 heterocycles. The normalized spacial score (nSPS) is 11.0. The van der Waals surface area contributed by atoms with Crippen LogP contribution >= 0.6 is 11.8 Å². The van der Waals surface area contributed by atoms with Gasteiger partial charge in [-0.2, -0.15) is 5.10 Å². The minimum absolute atomic E-state index is 0.256. The number of thioether (sulfide) groups is 1. The van der Waals surface area contributed by atoms with Crippen LogP contribution in [0.4, 0.5) is 10.3 Å². The first-order valence-electron chi connectivity index (χ1n) is 7.14. The third-order valence-electron chi connectivity index (χ3n) is 3.12. The maximum atomic E-state index is 12.9. The first-order chi connectivity index (χ1) is 11.7. The van der Waals surface area contributed by atoms with E-state index in [4.69, 9.17) is 5.84 Å². The van der Waals surface area contributed by atoms with E-state index in [1.165, 1.54) is 28.6 Å². The summed E-state index contributed by atoms with van der Waals surface area (Å²) in [4.78, 5) is 0. The van der Waals surface area contributed by atoms with E-state index < -0.39 is 0 Å². The van der Waals surface area contributed by atoms with Gasteiger partial charge in [0.15, 0.2) is 0 Å². The maximum absolute atomic E-state index is 12.9. The summed E-state index contributed by atoms with van der Waals surface area (Å²) >= 11 is 1.41. The molecule has 122 valence electrons. The van der Waals surface area contributed by atoms with Crippen molar-refractivity contribution in [2.24, 2.45) is 5.10 Å². The third kappa shape index (κ3) is 4.11. The van der Waals surface area contributed by atoms with E-state index in [9.17, 15) is 4.39 Å². The van der Waals surface area contributed by atoms with Crippen molar-refractivity contribution in [1.29, 1.82) is 0 Å². The summed E-state index contributed by atoms with van der Waals surface area (Å²) in [5.74, 6) is 6.64. The number of hydrogen-bond donors (Lipinski definition) is 2. The smallest absolute Gasteiger partial charge is 0.264 e. The lowest BCUT2D eigenvalue weighted by atomic mass is 10.2. The predicted molar refractivity (Wildman–Crippen MR) is 93.8 cm³/mol. The van der Waals surface area contributed by atoms with E-state index >= 15 is 0 Å². The molecule has 0 saturated carbocycles. The van der Waals surface area contributed by atoms with Gasteiger partial charge < -0.3 is 5.84 Å². The topological polar surface area (TPSA) is 81.1 Å². The van der Waals surface area contributed by atoms with Gasteiger partial charge in [0.05, 0.1) is 6.21 Å². The van der Waals surface area contributed by atoms with Crippen molar-refractivity contribution in [2.45, 2.75) is 10.9 Å². The van der Waals surface area contributed by atoms with Gasteiger partial charge in [-0.25, -0.2) is 14.5 Å². The van der Waals surface area contributed by atoms with Gasteiger partial charge in [-0.05, 0) is 23.3 Å². The van der Waals surface area contributed by atoms with Crippen LogP contribution in [-0.2, 0) is 5.75 Å². The molecule has 1 aromatic heterocycles. The summed E-state index contributed by atoms with van der Waals surface area (Å²) in [6.07, 6.45) is 1.67. The number of halogens is 1. The van der Waals surface area contributed by atoms with E-state index in [1.54, 1.807) is 18.3 Å². The zero-order valence-corrected chi connectivity index (χ0v) is 13.4. The summed E-state index contributed by atoms with van der Waals surface area (Å²) in [6, 6.07) is 16.0. The van der Waals surface area contributed by atoms with Crippen LogP contribution in [-0.4, -0.2) is 21.1 Å². The summed E-state index contributed by atoms with van der Waals surface area (Å²) in [6.45, 7) is 0. The minimum Gasteiger partial charge on any atom is -0.334 e. The molecule has 0 bridgehead atoms. The van der Waals surface area contributed by atoms with Crippen LogP contribution in [0.15, 0.2) is 64.9 Å². The molecule has 0 aliphatic rings. The fourth-order valence-electron chi connectivity index (χ4n) is 1.88. The van der Waals surface area contributed by atoms with E-state index in [0.717, 1.165) is 11.1 Å². The second-order valence-corrected chi connectivity index (χ2v) is 5.81. The molecular formula is C16H15FN6S. The molecule has 0 spiro atoms. The van der Waals surface area contributed by atoms with Crippen LogP contribution in [0.1, 0.15) is 11.1 Å². The average molecular weight is 342 g/mol. The fraction of sp³-hybridized carbons (Fsp3) is 0.0625. The first kappa shape index (κ1) is 16.0. The zero-order valence-electron chi connectivity index (χ0n) is 12.6. The van der Waals surface area contributed by atoms with Gasteiger partial charge in [-0.15, -0.1) is 10.2 Å². The summed E-state index contributed by atoms with van der Waals surface area (Å²) in [5, 5.41) is 12.6. The highest BCUT2D eigenvalue weighted by Crippen LogP contribution is 2.21. The van der Waals surface area contributed by atoms with Crippen molar-refractivity contribution in [1.82, 2.24) is 14.9 Å². The van der Waals surface area contributed by atoms with Crippen LogP contribution in [0, 0.1) is 5.82 Å². The van der Waals surface area contributed by atoms with E-state index in [-0.39, 0.29) is 5.82 Å². The molecule has 0 amide bonds. The van der Waals surface area contributed by atoms with Crippen molar-refractivity contribution in [3.63, 3.8) is 0 Å². The van der Waals surface area contributed by atoms with Crippen molar-refractivity contribution >= 4 is 23.9 Å². The second-order valence-electron chi connectivity index (χ2n) is 4.87. The van der Waals surface area contributed by atoms with Crippen LogP contribution in [0.25, 0.3) is 0 Å². The number of hydrazone groups is 1. The highest BCUT2D eigenvalue weighted by molar-refractivity contribution is 7.98. The molecule has 0 atom stereocenters. The predicted octanol–water partition coefficient (Wildman–Crippen LogP) is 2.87. The zero-order chi connectivity index (χ0) is 16.8. The number of hydrogen-bond acceptors (Lipinski definition) is 6. The molecule has 2 aromatic carbocycles. The number of aromatic nitrogens is 3. The van der Waals surface area contributed by atoms with E-state index in [1.807, 2.05) is 30.3 Å². The number of benzene rings is 2. The lowest BCUT2D eigenvalue weighted by Crippen LogP contribution is -2.13. The summed E-state index contributed by atoms with van der Waals surface area (Å²) in [7, 11) is 0. The standard InChI is InChI=1S/C16H15FN6S/c17-14-8-6-13(7-9-14)11-24-16-22-21-15(23(16)18)20-19-10-12-4-2-1-3-5-12/h1-10H,11,18H2,(H,20,21)/b19-10+. The molecule has 3 aromatic rings. The molecule has 0 unspecified atom stereocenters. The van der Waals surface area contributed by atoms with Gasteiger partial charge in [0, 0.05) is 5.75 Å². The lowest BCUT2D eigenvalue weighted by Gasteiger charge is -2.03.